The Labute approximate surface area is 140 Å². The summed E-state index contributed by atoms with van der Waals surface area (Å²) in [6.45, 7) is 2.82. The fourth-order valence-electron chi connectivity index (χ4n) is 2.27. The lowest BCUT2D eigenvalue weighted by Crippen LogP contribution is -2.57. The van der Waals surface area contributed by atoms with Gasteiger partial charge in [-0.25, -0.2) is 5.01 Å². The van der Waals surface area contributed by atoms with Gasteiger partial charge in [0.25, 0.3) is 5.91 Å². The predicted molar refractivity (Wildman–Crippen MR) is 87.5 cm³/mol. The van der Waals surface area contributed by atoms with Crippen LogP contribution in [0.2, 0.25) is 0 Å². The number of rotatable bonds is 7. The van der Waals surface area contributed by atoms with Gasteiger partial charge < -0.3 is 14.2 Å². The Morgan fingerprint density at radius 1 is 1.29 bits per heavy atom. The van der Waals surface area contributed by atoms with Crippen LogP contribution < -0.4 is 9.75 Å². The second-order valence-corrected chi connectivity index (χ2v) is 4.88. The molecule has 0 bridgehead atoms. The van der Waals surface area contributed by atoms with E-state index in [4.69, 9.17) is 14.2 Å². The van der Waals surface area contributed by atoms with Crippen LogP contribution in [0.25, 0.3) is 0 Å². The van der Waals surface area contributed by atoms with Crippen LogP contribution in [0.15, 0.2) is 29.4 Å². The Kier molecular flexibility index (Phi) is 6.12. The number of methoxy groups -OCH3 is 2. The van der Waals surface area contributed by atoms with Gasteiger partial charge in [0.1, 0.15) is 11.8 Å². The van der Waals surface area contributed by atoms with Crippen molar-refractivity contribution in [1.29, 1.82) is 5.26 Å². The molecule has 0 saturated carbocycles. The first kappa shape index (κ1) is 17.7. The fourth-order valence-corrected chi connectivity index (χ4v) is 2.27. The van der Waals surface area contributed by atoms with E-state index in [1.54, 1.807) is 38.5 Å². The summed E-state index contributed by atoms with van der Waals surface area (Å²) in [5, 5.41) is 14.9. The smallest absolute Gasteiger partial charge is 0.288 e. The number of amides is 1. The molecule has 1 atom stereocenters. The molecule has 0 spiro atoms. The third-order valence-electron chi connectivity index (χ3n) is 3.44. The SMILES string of the molecule is CCOC1N(CCOC)C(=O)C(C#N)=NN1c1ccc(OC)cc1. The molecular weight excluding hydrogens is 312 g/mol. The minimum absolute atomic E-state index is 0.196. The van der Waals surface area contributed by atoms with Gasteiger partial charge in [0.15, 0.2) is 0 Å². The van der Waals surface area contributed by atoms with Gasteiger partial charge in [-0.2, -0.15) is 10.4 Å². The van der Waals surface area contributed by atoms with Crippen LogP contribution in [0.5, 0.6) is 5.75 Å². The number of carbonyl (C=O) groups excluding carboxylic acids is 1. The Bertz CT molecular complexity index is 638. The van der Waals surface area contributed by atoms with Gasteiger partial charge in [0, 0.05) is 20.3 Å². The van der Waals surface area contributed by atoms with Crippen molar-refractivity contribution in [3.63, 3.8) is 0 Å². The quantitative estimate of drug-likeness (QED) is 0.745. The summed E-state index contributed by atoms with van der Waals surface area (Å²) in [5.41, 5.74) is 0.481. The van der Waals surface area contributed by atoms with Crippen LogP contribution in [0.1, 0.15) is 6.92 Å². The zero-order valence-corrected chi connectivity index (χ0v) is 13.9. The van der Waals surface area contributed by atoms with E-state index in [0.717, 1.165) is 0 Å². The average molecular weight is 332 g/mol. The lowest BCUT2D eigenvalue weighted by molar-refractivity contribution is -0.141. The second kappa shape index (κ2) is 8.29. The Hall–Kier alpha value is -2.63. The van der Waals surface area contributed by atoms with Crippen molar-refractivity contribution in [3.8, 4) is 11.8 Å². The normalized spacial score (nSPS) is 17.5. The van der Waals surface area contributed by atoms with E-state index in [-0.39, 0.29) is 12.3 Å². The van der Waals surface area contributed by atoms with E-state index in [2.05, 4.69) is 5.10 Å². The van der Waals surface area contributed by atoms with E-state index in [0.29, 0.717) is 24.7 Å². The number of carbonyl (C=O) groups is 1. The highest BCUT2D eigenvalue weighted by Gasteiger charge is 2.37. The molecule has 2 rings (SSSR count). The number of ether oxygens (including phenoxy) is 3. The summed E-state index contributed by atoms with van der Waals surface area (Å²) in [7, 11) is 3.13. The van der Waals surface area contributed by atoms with Crippen molar-refractivity contribution in [2.45, 2.75) is 13.3 Å². The maximum absolute atomic E-state index is 12.4. The molecule has 0 aliphatic carbocycles. The standard InChI is InChI=1S/C16H20N4O4/c1-4-24-16-19(9-10-22-2)15(21)14(11-17)18-20(16)12-5-7-13(23-3)8-6-12/h5-8,16H,4,9-10H2,1-3H3. The molecule has 0 aromatic heterocycles. The Morgan fingerprint density at radius 3 is 2.54 bits per heavy atom. The van der Waals surface area contributed by atoms with Crippen LogP contribution >= 0.6 is 0 Å². The van der Waals surface area contributed by atoms with Crippen molar-refractivity contribution < 1.29 is 19.0 Å². The maximum Gasteiger partial charge on any atom is 0.288 e. The highest BCUT2D eigenvalue weighted by molar-refractivity contribution is 6.45. The lowest BCUT2D eigenvalue weighted by atomic mass is 10.2. The number of anilines is 1. The van der Waals surface area contributed by atoms with E-state index in [9.17, 15) is 10.1 Å². The Balaban J connectivity index is 2.41. The van der Waals surface area contributed by atoms with Crippen LogP contribution in [0, 0.1) is 11.3 Å². The number of nitriles is 1. The Morgan fingerprint density at radius 2 is 2.00 bits per heavy atom. The molecule has 1 unspecified atom stereocenters. The molecule has 0 fully saturated rings. The molecule has 1 aliphatic rings. The lowest BCUT2D eigenvalue weighted by Gasteiger charge is -2.39. The molecule has 128 valence electrons. The van der Waals surface area contributed by atoms with Crippen LogP contribution in [0.3, 0.4) is 0 Å². The summed E-state index contributed by atoms with van der Waals surface area (Å²) in [4.78, 5) is 13.8. The first-order valence-corrected chi connectivity index (χ1v) is 7.49. The molecule has 0 radical (unpaired) electrons. The van der Waals surface area contributed by atoms with Gasteiger partial charge in [-0.05, 0) is 31.2 Å². The fraction of sp³-hybridized carbons (Fsp3) is 0.438. The summed E-state index contributed by atoms with van der Waals surface area (Å²) in [6.07, 6.45) is -0.747. The number of nitrogens with zero attached hydrogens (tertiary/aromatic N) is 4. The topological polar surface area (TPSA) is 87.4 Å². The third-order valence-corrected chi connectivity index (χ3v) is 3.44. The molecular formula is C16H20N4O4. The minimum atomic E-state index is -0.747. The number of hydrazone groups is 1. The van der Waals surface area contributed by atoms with Gasteiger partial charge in [0.2, 0.25) is 12.1 Å². The van der Waals surface area contributed by atoms with Crippen LogP contribution in [0.4, 0.5) is 5.69 Å². The van der Waals surface area contributed by atoms with Gasteiger partial charge in [-0.15, -0.1) is 0 Å². The maximum atomic E-state index is 12.4. The summed E-state index contributed by atoms with van der Waals surface area (Å²) in [5.74, 6) is 0.221. The highest BCUT2D eigenvalue weighted by atomic mass is 16.5. The van der Waals surface area contributed by atoms with Crippen molar-refractivity contribution in [2.24, 2.45) is 5.10 Å². The van der Waals surface area contributed by atoms with Crippen LogP contribution in [-0.2, 0) is 14.3 Å². The van der Waals surface area contributed by atoms with Crippen molar-refractivity contribution in [1.82, 2.24) is 4.90 Å². The third kappa shape index (κ3) is 3.64. The van der Waals surface area contributed by atoms with Gasteiger partial charge >= 0.3 is 0 Å². The molecule has 8 nitrogen and oxygen atoms in total. The van der Waals surface area contributed by atoms with Gasteiger partial charge in [0.05, 0.1) is 19.4 Å². The first-order valence-electron chi connectivity index (χ1n) is 7.49. The molecule has 0 saturated heterocycles. The van der Waals surface area contributed by atoms with E-state index in [1.807, 2.05) is 13.0 Å². The highest BCUT2D eigenvalue weighted by Crippen LogP contribution is 2.26. The molecule has 1 heterocycles. The summed E-state index contributed by atoms with van der Waals surface area (Å²) in [6, 6.07) is 8.96. The molecule has 24 heavy (non-hydrogen) atoms. The predicted octanol–water partition coefficient (Wildman–Crippen LogP) is 1.19. The zero-order chi connectivity index (χ0) is 17.5. The van der Waals surface area contributed by atoms with E-state index < -0.39 is 12.3 Å². The number of hydrogen-bond donors (Lipinski definition) is 0. The first-order chi connectivity index (χ1) is 11.7. The van der Waals surface area contributed by atoms with E-state index >= 15 is 0 Å². The molecule has 8 heteroatoms. The molecule has 1 aromatic rings. The largest absolute Gasteiger partial charge is 0.497 e. The van der Waals surface area contributed by atoms with Crippen molar-refractivity contribution in [2.75, 3.05) is 39.0 Å². The zero-order valence-electron chi connectivity index (χ0n) is 13.9. The van der Waals surface area contributed by atoms with E-state index in [1.165, 1.54) is 9.91 Å². The molecule has 1 amide bonds. The molecule has 1 aliphatic heterocycles. The van der Waals surface area contributed by atoms with Crippen molar-refractivity contribution in [3.05, 3.63) is 24.3 Å². The average Bonchev–Trinajstić information content (AvgIpc) is 2.62. The van der Waals surface area contributed by atoms with Crippen molar-refractivity contribution >= 4 is 17.3 Å². The minimum Gasteiger partial charge on any atom is -0.497 e. The monoisotopic (exact) mass is 332 g/mol. The van der Waals surface area contributed by atoms with Gasteiger partial charge in [-0.1, -0.05) is 0 Å². The van der Waals surface area contributed by atoms with Gasteiger partial charge in [-0.3, -0.25) is 9.69 Å². The summed E-state index contributed by atoms with van der Waals surface area (Å²) >= 11 is 0. The number of hydrogen-bond acceptors (Lipinski definition) is 7. The molecule has 0 N–H and O–H groups in total. The summed E-state index contributed by atoms with van der Waals surface area (Å²) < 4.78 is 15.9. The van der Waals surface area contributed by atoms with Crippen LogP contribution in [-0.4, -0.2) is 56.8 Å². The second-order valence-electron chi connectivity index (χ2n) is 4.88. The molecule has 1 aromatic carbocycles. The number of benzene rings is 1.